The van der Waals surface area contributed by atoms with Crippen LogP contribution in [0.15, 0.2) is 146 Å². The van der Waals surface area contributed by atoms with Gasteiger partial charge in [0.2, 0.25) is 0 Å². The van der Waals surface area contributed by atoms with Gasteiger partial charge in [-0.1, -0.05) is 115 Å². The highest BCUT2D eigenvalue weighted by Crippen LogP contribution is 2.54. The van der Waals surface area contributed by atoms with Gasteiger partial charge in [-0.2, -0.15) is 0 Å². The molecule has 0 radical (unpaired) electrons. The van der Waals surface area contributed by atoms with E-state index >= 15 is 0 Å². The van der Waals surface area contributed by atoms with Crippen molar-refractivity contribution in [2.45, 2.75) is 0 Å². The summed E-state index contributed by atoms with van der Waals surface area (Å²) in [7, 11) is 0. The fourth-order valence-electron chi connectivity index (χ4n) is 7.52. The van der Waals surface area contributed by atoms with Gasteiger partial charge < -0.3 is 0 Å². The van der Waals surface area contributed by atoms with Crippen LogP contribution < -0.4 is 4.90 Å². The number of hydrogen-bond donors (Lipinski definition) is 0. The maximum absolute atomic E-state index is 2.50. The molecule has 1 aliphatic carbocycles. The highest BCUT2D eigenvalue weighted by atomic mass is 15.3. The standard InChI is InChI=1S/C40H24N2/c1-2-11-26-25(10-1)20-22-38-34(26)24-39-41(35-18-7-5-14-29(35)30-15-6-8-19-36(30)42(38)39)37-23-21-32-28-13-4-3-12-27(28)31-16-9-17-33(37)40(31)32/h1-24H. The van der Waals surface area contributed by atoms with Gasteiger partial charge in [0.15, 0.2) is 0 Å². The second kappa shape index (κ2) is 7.99. The van der Waals surface area contributed by atoms with Gasteiger partial charge in [0, 0.05) is 21.9 Å². The molecule has 8 aromatic rings. The number of rotatable bonds is 1. The first-order valence-corrected chi connectivity index (χ1v) is 14.5. The van der Waals surface area contributed by atoms with Gasteiger partial charge in [0.25, 0.3) is 0 Å². The van der Waals surface area contributed by atoms with Crippen LogP contribution in [0.1, 0.15) is 0 Å². The molecule has 2 nitrogen and oxygen atoms in total. The smallest absolute Gasteiger partial charge is 0.123 e. The number of nitrogens with zero attached hydrogens (tertiary/aromatic N) is 2. The Labute approximate surface area is 243 Å². The number of benzene rings is 7. The van der Waals surface area contributed by atoms with E-state index in [1.165, 1.54) is 82.9 Å². The fraction of sp³-hybridized carbons (Fsp3) is 0. The van der Waals surface area contributed by atoms with Crippen molar-refractivity contribution in [1.29, 1.82) is 0 Å². The second-order valence-electron chi connectivity index (χ2n) is 11.3. The molecule has 0 fully saturated rings. The van der Waals surface area contributed by atoms with E-state index in [1.807, 2.05) is 0 Å². The van der Waals surface area contributed by atoms with Crippen LogP contribution in [0.5, 0.6) is 0 Å². The molecule has 194 valence electrons. The number of aromatic nitrogens is 1. The molecule has 1 aliphatic heterocycles. The predicted molar refractivity (Wildman–Crippen MR) is 176 cm³/mol. The summed E-state index contributed by atoms with van der Waals surface area (Å²) in [5.41, 5.74) is 12.5. The third-order valence-electron chi connectivity index (χ3n) is 9.27. The van der Waals surface area contributed by atoms with Crippen LogP contribution in [0.2, 0.25) is 0 Å². The SMILES string of the molecule is c1ccc2c(c1)-c1cccc3c(N4c5ccccc5-c5ccccc5-n5c4cc4c6ccccc6ccc45)ccc-2c13. The Hall–Kier alpha value is -5.60. The zero-order valence-electron chi connectivity index (χ0n) is 22.8. The number of para-hydroxylation sites is 2. The van der Waals surface area contributed by atoms with Crippen LogP contribution in [0.25, 0.3) is 71.5 Å². The highest BCUT2D eigenvalue weighted by Gasteiger charge is 2.30. The minimum Gasteiger partial charge on any atom is -0.295 e. The molecule has 0 saturated heterocycles. The molecule has 2 heterocycles. The van der Waals surface area contributed by atoms with Crippen LogP contribution in [0.3, 0.4) is 0 Å². The Balaban J connectivity index is 1.37. The van der Waals surface area contributed by atoms with Crippen molar-refractivity contribution >= 4 is 49.6 Å². The normalized spacial score (nSPS) is 12.7. The Bertz CT molecular complexity index is 2400. The molecule has 0 atom stereocenters. The summed E-state index contributed by atoms with van der Waals surface area (Å²) >= 11 is 0. The lowest BCUT2D eigenvalue weighted by Gasteiger charge is -2.27. The minimum atomic E-state index is 1.15. The number of fused-ring (bicyclic) bond motifs is 12. The maximum atomic E-state index is 2.50. The first-order chi connectivity index (χ1) is 20.9. The van der Waals surface area contributed by atoms with Gasteiger partial charge in [-0.25, -0.2) is 0 Å². The average molecular weight is 533 g/mol. The summed E-state index contributed by atoms with van der Waals surface area (Å²) < 4.78 is 2.47. The molecule has 42 heavy (non-hydrogen) atoms. The zero-order chi connectivity index (χ0) is 27.4. The molecule has 2 heteroatoms. The van der Waals surface area contributed by atoms with Gasteiger partial charge in [-0.3, -0.25) is 9.47 Å². The van der Waals surface area contributed by atoms with Crippen LogP contribution in [-0.4, -0.2) is 4.57 Å². The fourth-order valence-corrected chi connectivity index (χ4v) is 7.52. The van der Waals surface area contributed by atoms with E-state index in [9.17, 15) is 0 Å². The lowest BCUT2D eigenvalue weighted by molar-refractivity contribution is 1.09. The molecule has 7 aromatic carbocycles. The molecule has 0 spiro atoms. The largest absolute Gasteiger partial charge is 0.295 e. The van der Waals surface area contributed by atoms with Crippen molar-refractivity contribution in [2.24, 2.45) is 0 Å². The van der Waals surface area contributed by atoms with Crippen LogP contribution in [0, 0.1) is 0 Å². The van der Waals surface area contributed by atoms with Gasteiger partial charge in [0.05, 0.1) is 22.6 Å². The Morgan fingerprint density at radius 2 is 0.976 bits per heavy atom. The second-order valence-corrected chi connectivity index (χ2v) is 11.3. The molecular weight excluding hydrogens is 508 g/mol. The maximum Gasteiger partial charge on any atom is 0.123 e. The molecule has 0 amide bonds. The topological polar surface area (TPSA) is 8.17 Å². The number of anilines is 3. The van der Waals surface area contributed by atoms with Crippen molar-refractivity contribution in [3.63, 3.8) is 0 Å². The molecule has 1 aromatic heterocycles. The Morgan fingerprint density at radius 1 is 0.357 bits per heavy atom. The van der Waals surface area contributed by atoms with Crippen molar-refractivity contribution < 1.29 is 0 Å². The van der Waals surface area contributed by atoms with Crippen molar-refractivity contribution in [3.05, 3.63) is 146 Å². The summed E-state index contributed by atoms with van der Waals surface area (Å²) in [4.78, 5) is 2.50. The lowest BCUT2D eigenvalue weighted by atomic mass is 9.98. The van der Waals surface area contributed by atoms with E-state index in [0.29, 0.717) is 0 Å². The van der Waals surface area contributed by atoms with E-state index < -0.39 is 0 Å². The van der Waals surface area contributed by atoms with Crippen LogP contribution in [0.4, 0.5) is 17.2 Å². The molecule has 10 rings (SSSR count). The van der Waals surface area contributed by atoms with Crippen molar-refractivity contribution in [1.82, 2.24) is 4.57 Å². The molecule has 0 saturated carbocycles. The predicted octanol–water partition coefficient (Wildman–Crippen LogP) is 11.0. The molecule has 0 unspecified atom stereocenters. The van der Waals surface area contributed by atoms with E-state index in [2.05, 4.69) is 155 Å². The van der Waals surface area contributed by atoms with E-state index in [1.54, 1.807) is 0 Å². The third kappa shape index (κ3) is 2.74. The van der Waals surface area contributed by atoms with Crippen LogP contribution >= 0.6 is 0 Å². The number of hydrogen-bond acceptors (Lipinski definition) is 1. The van der Waals surface area contributed by atoms with Gasteiger partial charge in [-0.15, -0.1) is 0 Å². The van der Waals surface area contributed by atoms with E-state index in [0.717, 1.165) is 5.82 Å². The van der Waals surface area contributed by atoms with Crippen molar-refractivity contribution in [2.75, 3.05) is 4.90 Å². The van der Waals surface area contributed by atoms with Gasteiger partial charge in [0.1, 0.15) is 5.82 Å². The Kier molecular flexibility index (Phi) is 4.21. The first kappa shape index (κ1) is 22.1. The molecule has 0 bridgehead atoms. The third-order valence-corrected chi connectivity index (χ3v) is 9.27. The van der Waals surface area contributed by atoms with E-state index in [-0.39, 0.29) is 0 Å². The van der Waals surface area contributed by atoms with Gasteiger partial charge >= 0.3 is 0 Å². The quantitative estimate of drug-likeness (QED) is 0.204. The van der Waals surface area contributed by atoms with E-state index in [4.69, 9.17) is 0 Å². The summed E-state index contributed by atoms with van der Waals surface area (Å²) in [5, 5.41) is 6.40. The summed E-state index contributed by atoms with van der Waals surface area (Å²) in [6, 6.07) is 53.6. The highest BCUT2D eigenvalue weighted by molar-refractivity contribution is 6.20. The minimum absolute atomic E-state index is 1.15. The van der Waals surface area contributed by atoms with Gasteiger partial charge in [-0.05, 0) is 68.7 Å². The molecule has 0 N–H and O–H groups in total. The van der Waals surface area contributed by atoms with Crippen molar-refractivity contribution in [3.8, 4) is 39.1 Å². The summed E-state index contributed by atoms with van der Waals surface area (Å²) in [6.45, 7) is 0. The zero-order valence-corrected chi connectivity index (χ0v) is 22.8. The summed E-state index contributed by atoms with van der Waals surface area (Å²) in [6.07, 6.45) is 0. The summed E-state index contributed by atoms with van der Waals surface area (Å²) in [5.74, 6) is 1.15. The van der Waals surface area contributed by atoms with Crippen LogP contribution in [-0.2, 0) is 0 Å². The monoisotopic (exact) mass is 532 g/mol. The Morgan fingerprint density at radius 3 is 1.81 bits per heavy atom. The molecular formula is C40H24N2. The first-order valence-electron chi connectivity index (χ1n) is 14.5. The lowest BCUT2D eigenvalue weighted by Crippen LogP contribution is -2.13. The average Bonchev–Trinajstić information content (AvgIpc) is 3.56. The molecule has 2 aliphatic rings.